The summed E-state index contributed by atoms with van der Waals surface area (Å²) < 4.78 is 0. The van der Waals surface area contributed by atoms with Gasteiger partial charge < -0.3 is 10.4 Å². The van der Waals surface area contributed by atoms with Crippen molar-refractivity contribution in [1.29, 1.82) is 0 Å². The van der Waals surface area contributed by atoms with Crippen molar-refractivity contribution in [2.24, 2.45) is 5.11 Å². The maximum atomic E-state index is 11.3. The van der Waals surface area contributed by atoms with Crippen molar-refractivity contribution in [3.05, 3.63) is 45.8 Å². The zero-order valence-electron chi connectivity index (χ0n) is 10.2. The number of aliphatic carboxylic acids is 1. The van der Waals surface area contributed by atoms with E-state index >= 15 is 0 Å². The van der Waals surface area contributed by atoms with Crippen molar-refractivity contribution in [1.82, 2.24) is 5.32 Å². The lowest BCUT2D eigenvalue weighted by Gasteiger charge is -2.17. The summed E-state index contributed by atoms with van der Waals surface area (Å²) in [4.78, 5) is 13.9. The van der Waals surface area contributed by atoms with Gasteiger partial charge in [-0.15, -0.1) is 0 Å². The molecule has 0 bridgehead atoms. The minimum atomic E-state index is -0.933. The van der Waals surface area contributed by atoms with Crippen LogP contribution in [0.4, 0.5) is 0 Å². The molecule has 0 heterocycles. The van der Waals surface area contributed by atoms with E-state index in [2.05, 4.69) is 15.3 Å². The number of benzene rings is 1. The van der Waals surface area contributed by atoms with Crippen LogP contribution in [0.25, 0.3) is 10.4 Å². The normalized spacial score (nSPS) is 11.6. The van der Waals surface area contributed by atoms with Gasteiger partial charge in [-0.05, 0) is 23.1 Å². The van der Waals surface area contributed by atoms with E-state index in [-0.39, 0.29) is 6.54 Å². The summed E-state index contributed by atoms with van der Waals surface area (Å²) >= 11 is 0. The van der Waals surface area contributed by atoms with E-state index in [1.807, 2.05) is 25.1 Å². The molecule has 18 heavy (non-hydrogen) atoms. The highest BCUT2D eigenvalue weighted by atomic mass is 16.4. The molecule has 0 aromatic heterocycles. The molecule has 0 aliphatic carbocycles. The summed E-state index contributed by atoms with van der Waals surface area (Å²) in [5, 5.41) is 15.5. The van der Waals surface area contributed by atoms with Crippen LogP contribution in [-0.2, 0) is 11.2 Å². The molecule has 0 saturated carbocycles. The lowest BCUT2D eigenvalue weighted by atomic mass is 9.98. The molecule has 0 radical (unpaired) electrons. The molecule has 1 atom stereocenters. The number of aryl methyl sites for hydroxylation is 1. The second-order valence-electron chi connectivity index (χ2n) is 3.73. The molecule has 6 heteroatoms. The maximum Gasteiger partial charge on any atom is 0.325 e. The van der Waals surface area contributed by atoms with E-state index in [1.165, 1.54) is 0 Å². The highest BCUT2D eigenvalue weighted by molar-refractivity contribution is 5.76. The van der Waals surface area contributed by atoms with Crippen LogP contribution in [0.3, 0.4) is 0 Å². The topological polar surface area (TPSA) is 98.1 Å². The Morgan fingerprint density at radius 3 is 2.89 bits per heavy atom. The SMILES string of the molecule is CCc1ccccc1C(NCCN=[N+]=[N-])C(=O)O. The molecule has 1 rings (SSSR count). The van der Waals surface area contributed by atoms with Gasteiger partial charge in [0.25, 0.3) is 0 Å². The molecule has 1 aromatic rings. The summed E-state index contributed by atoms with van der Waals surface area (Å²) in [6, 6.07) is 6.66. The number of hydrogen-bond acceptors (Lipinski definition) is 3. The maximum absolute atomic E-state index is 11.3. The lowest BCUT2D eigenvalue weighted by Crippen LogP contribution is -2.31. The van der Waals surface area contributed by atoms with E-state index in [1.54, 1.807) is 6.07 Å². The first kappa shape index (κ1) is 14.0. The fourth-order valence-electron chi connectivity index (χ4n) is 1.77. The van der Waals surface area contributed by atoms with E-state index in [4.69, 9.17) is 5.53 Å². The van der Waals surface area contributed by atoms with Gasteiger partial charge in [0.2, 0.25) is 0 Å². The molecule has 0 aliphatic rings. The second-order valence-corrected chi connectivity index (χ2v) is 3.73. The van der Waals surface area contributed by atoms with Gasteiger partial charge in [0.05, 0.1) is 0 Å². The van der Waals surface area contributed by atoms with Gasteiger partial charge in [0.15, 0.2) is 0 Å². The van der Waals surface area contributed by atoms with Crippen molar-refractivity contribution in [3.8, 4) is 0 Å². The van der Waals surface area contributed by atoms with Crippen LogP contribution >= 0.6 is 0 Å². The smallest absolute Gasteiger partial charge is 0.325 e. The van der Waals surface area contributed by atoms with Gasteiger partial charge in [-0.1, -0.05) is 36.3 Å². The molecule has 6 nitrogen and oxygen atoms in total. The molecule has 0 saturated heterocycles. The largest absolute Gasteiger partial charge is 0.480 e. The average Bonchev–Trinajstić information content (AvgIpc) is 2.38. The van der Waals surface area contributed by atoms with Gasteiger partial charge in [-0.2, -0.15) is 0 Å². The van der Waals surface area contributed by atoms with E-state index in [9.17, 15) is 9.90 Å². The molecule has 1 aromatic carbocycles. The number of hydrogen-bond donors (Lipinski definition) is 2. The van der Waals surface area contributed by atoms with Crippen LogP contribution in [0.15, 0.2) is 29.4 Å². The Labute approximate surface area is 105 Å². The molecule has 96 valence electrons. The van der Waals surface area contributed by atoms with Gasteiger partial charge in [0.1, 0.15) is 6.04 Å². The minimum absolute atomic E-state index is 0.231. The van der Waals surface area contributed by atoms with Crippen molar-refractivity contribution in [2.75, 3.05) is 13.1 Å². The number of carboxylic acids is 1. The van der Waals surface area contributed by atoms with E-state index in [0.29, 0.717) is 6.54 Å². The molecule has 0 fully saturated rings. The number of azide groups is 1. The molecule has 0 spiro atoms. The standard InChI is InChI=1S/C12H16N4O2/c1-2-9-5-3-4-6-10(9)11(12(17)18)14-7-8-15-16-13/h3-6,11,14H,2,7-8H2,1H3,(H,17,18). The van der Waals surface area contributed by atoms with Crippen molar-refractivity contribution in [3.63, 3.8) is 0 Å². The van der Waals surface area contributed by atoms with Crippen LogP contribution in [0.5, 0.6) is 0 Å². The summed E-state index contributed by atoms with van der Waals surface area (Å²) in [6.07, 6.45) is 0.776. The predicted molar refractivity (Wildman–Crippen MR) is 68.2 cm³/mol. The monoisotopic (exact) mass is 248 g/mol. The quantitative estimate of drug-likeness (QED) is 0.335. The first-order chi connectivity index (χ1) is 8.70. The fraction of sp³-hybridized carbons (Fsp3) is 0.417. The lowest BCUT2D eigenvalue weighted by molar-refractivity contribution is -0.139. The molecule has 0 amide bonds. The molecule has 1 unspecified atom stereocenters. The zero-order valence-corrected chi connectivity index (χ0v) is 10.2. The molecule has 2 N–H and O–H groups in total. The van der Waals surface area contributed by atoms with Gasteiger partial charge in [-0.25, -0.2) is 0 Å². The Balaban J connectivity index is 2.83. The summed E-state index contributed by atoms with van der Waals surface area (Å²) in [6.45, 7) is 2.55. The molecular formula is C12H16N4O2. The number of nitrogens with one attached hydrogen (secondary N) is 1. The Morgan fingerprint density at radius 2 is 2.28 bits per heavy atom. The van der Waals surface area contributed by atoms with Crippen LogP contribution in [0.1, 0.15) is 24.1 Å². The first-order valence-electron chi connectivity index (χ1n) is 5.75. The number of nitrogens with zero attached hydrogens (tertiary/aromatic N) is 3. The average molecular weight is 248 g/mol. The van der Waals surface area contributed by atoms with Gasteiger partial charge in [0, 0.05) is 18.0 Å². The first-order valence-corrected chi connectivity index (χ1v) is 5.75. The Kier molecular flexibility index (Phi) is 5.70. The van der Waals surface area contributed by atoms with Crippen LogP contribution < -0.4 is 5.32 Å². The van der Waals surface area contributed by atoms with E-state index < -0.39 is 12.0 Å². The molecule has 0 aliphatic heterocycles. The summed E-state index contributed by atoms with van der Waals surface area (Å²) in [5.74, 6) is -0.933. The van der Waals surface area contributed by atoms with Gasteiger partial charge in [-0.3, -0.25) is 4.79 Å². The third-order valence-electron chi connectivity index (χ3n) is 2.62. The molecular weight excluding hydrogens is 232 g/mol. The Hall–Kier alpha value is -2.04. The van der Waals surface area contributed by atoms with Gasteiger partial charge >= 0.3 is 5.97 Å². The second kappa shape index (κ2) is 7.32. The zero-order chi connectivity index (χ0) is 13.4. The Bertz CT molecular complexity index is 455. The summed E-state index contributed by atoms with van der Waals surface area (Å²) in [5.41, 5.74) is 9.91. The Morgan fingerprint density at radius 1 is 1.56 bits per heavy atom. The highest BCUT2D eigenvalue weighted by Crippen LogP contribution is 2.18. The number of carboxylic acid groups (broad SMARTS) is 1. The number of rotatable bonds is 7. The van der Waals surface area contributed by atoms with Crippen LogP contribution in [-0.4, -0.2) is 24.2 Å². The third-order valence-corrected chi connectivity index (χ3v) is 2.62. The minimum Gasteiger partial charge on any atom is -0.480 e. The number of carbonyl (C=O) groups is 1. The van der Waals surface area contributed by atoms with Crippen LogP contribution in [0.2, 0.25) is 0 Å². The van der Waals surface area contributed by atoms with Crippen LogP contribution in [0, 0.1) is 0 Å². The third kappa shape index (κ3) is 3.76. The fourth-order valence-corrected chi connectivity index (χ4v) is 1.77. The summed E-state index contributed by atoms with van der Waals surface area (Å²) in [7, 11) is 0. The predicted octanol–water partition coefficient (Wildman–Crippen LogP) is 2.27. The van der Waals surface area contributed by atoms with E-state index in [0.717, 1.165) is 17.5 Å². The van der Waals surface area contributed by atoms with Crippen molar-refractivity contribution in [2.45, 2.75) is 19.4 Å². The highest BCUT2D eigenvalue weighted by Gasteiger charge is 2.20. The van der Waals surface area contributed by atoms with Crippen molar-refractivity contribution >= 4 is 5.97 Å². The van der Waals surface area contributed by atoms with Crippen molar-refractivity contribution < 1.29 is 9.90 Å².